The Balaban J connectivity index is 1.90. The molecule has 0 aliphatic carbocycles. The summed E-state index contributed by atoms with van der Waals surface area (Å²) in [6.07, 6.45) is 2.55. The van der Waals surface area contributed by atoms with E-state index in [1.807, 2.05) is 39.0 Å². The SMILES string of the molecule is CC(C)(C)OC(=O)NC1CCCN(c2ccccc2N)CC1. The Kier molecular flexibility index (Phi) is 5.16. The number of rotatable bonds is 2. The van der Waals surface area contributed by atoms with Gasteiger partial charge in [0.05, 0.1) is 11.4 Å². The van der Waals surface area contributed by atoms with Crippen LogP contribution < -0.4 is 16.0 Å². The van der Waals surface area contributed by atoms with Gasteiger partial charge in [-0.2, -0.15) is 0 Å². The molecule has 22 heavy (non-hydrogen) atoms. The summed E-state index contributed by atoms with van der Waals surface area (Å²) in [7, 11) is 0. The lowest BCUT2D eigenvalue weighted by Crippen LogP contribution is -2.39. The van der Waals surface area contributed by atoms with Crippen LogP contribution in [0.2, 0.25) is 0 Å². The van der Waals surface area contributed by atoms with Crippen molar-refractivity contribution < 1.29 is 9.53 Å². The van der Waals surface area contributed by atoms with E-state index in [2.05, 4.69) is 16.3 Å². The number of nitrogens with two attached hydrogens (primary N) is 1. The number of nitrogens with one attached hydrogen (secondary N) is 1. The zero-order chi connectivity index (χ0) is 16.2. The van der Waals surface area contributed by atoms with Crippen LogP contribution in [-0.2, 0) is 4.74 Å². The van der Waals surface area contributed by atoms with Crippen molar-refractivity contribution in [1.29, 1.82) is 0 Å². The molecule has 1 heterocycles. The third kappa shape index (κ3) is 4.83. The van der Waals surface area contributed by atoms with Gasteiger partial charge in [-0.3, -0.25) is 0 Å². The van der Waals surface area contributed by atoms with Gasteiger partial charge in [0.2, 0.25) is 0 Å². The van der Waals surface area contributed by atoms with E-state index in [-0.39, 0.29) is 12.1 Å². The maximum atomic E-state index is 11.9. The van der Waals surface area contributed by atoms with E-state index in [1.165, 1.54) is 0 Å². The summed E-state index contributed by atoms with van der Waals surface area (Å²) in [6, 6.07) is 8.09. The summed E-state index contributed by atoms with van der Waals surface area (Å²) in [6.45, 7) is 7.47. The number of nitrogen functional groups attached to an aromatic ring is 1. The molecule has 2 rings (SSSR count). The van der Waals surface area contributed by atoms with Gasteiger partial charge in [-0.25, -0.2) is 4.79 Å². The van der Waals surface area contributed by atoms with E-state index in [9.17, 15) is 4.79 Å². The highest BCUT2D eigenvalue weighted by molar-refractivity contribution is 5.68. The molecule has 1 unspecified atom stereocenters. The van der Waals surface area contributed by atoms with Gasteiger partial charge in [-0.1, -0.05) is 12.1 Å². The fourth-order valence-electron chi connectivity index (χ4n) is 2.73. The van der Waals surface area contributed by atoms with Gasteiger partial charge in [-0.05, 0) is 52.2 Å². The highest BCUT2D eigenvalue weighted by Crippen LogP contribution is 2.25. The number of carbonyl (C=O) groups is 1. The first-order chi connectivity index (χ1) is 10.3. The van der Waals surface area contributed by atoms with E-state index in [0.717, 1.165) is 43.7 Å². The molecule has 0 spiro atoms. The van der Waals surface area contributed by atoms with Gasteiger partial charge in [0, 0.05) is 19.1 Å². The molecule has 1 aliphatic rings. The summed E-state index contributed by atoms with van der Waals surface area (Å²) >= 11 is 0. The lowest BCUT2D eigenvalue weighted by molar-refractivity contribution is 0.0501. The Morgan fingerprint density at radius 1 is 1.27 bits per heavy atom. The van der Waals surface area contributed by atoms with Crippen LogP contribution in [-0.4, -0.2) is 30.8 Å². The van der Waals surface area contributed by atoms with Crippen molar-refractivity contribution in [3.8, 4) is 0 Å². The number of carbonyl (C=O) groups excluding carboxylic acids is 1. The maximum absolute atomic E-state index is 11.9. The second kappa shape index (κ2) is 6.90. The number of anilines is 2. The van der Waals surface area contributed by atoms with Crippen molar-refractivity contribution in [2.24, 2.45) is 0 Å². The number of amides is 1. The molecule has 5 nitrogen and oxygen atoms in total. The third-order valence-electron chi connectivity index (χ3n) is 3.73. The molecule has 0 radical (unpaired) electrons. The van der Waals surface area contributed by atoms with Crippen LogP contribution in [0.3, 0.4) is 0 Å². The van der Waals surface area contributed by atoms with Crippen LogP contribution in [0.25, 0.3) is 0 Å². The monoisotopic (exact) mass is 305 g/mol. The molecule has 1 fully saturated rings. The molecule has 1 aliphatic heterocycles. The quantitative estimate of drug-likeness (QED) is 0.824. The van der Waals surface area contributed by atoms with Crippen molar-refractivity contribution in [2.75, 3.05) is 23.7 Å². The van der Waals surface area contributed by atoms with Gasteiger partial charge in [0.15, 0.2) is 0 Å². The number of para-hydroxylation sites is 2. The van der Waals surface area contributed by atoms with Crippen LogP contribution >= 0.6 is 0 Å². The first-order valence-corrected chi connectivity index (χ1v) is 7.94. The van der Waals surface area contributed by atoms with Gasteiger partial charge >= 0.3 is 6.09 Å². The molecule has 5 heteroatoms. The number of ether oxygens (including phenoxy) is 1. The molecule has 0 saturated carbocycles. The second-order valence-electron chi connectivity index (χ2n) is 6.82. The normalized spacial score (nSPS) is 19.4. The zero-order valence-electron chi connectivity index (χ0n) is 13.8. The molecular formula is C17H27N3O2. The molecular weight excluding hydrogens is 278 g/mol. The average molecular weight is 305 g/mol. The number of benzene rings is 1. The summed E-state index contributed by atoms with van der Waals surface area (Å²) in [5, 5.41) is 2.98. The van der Waals surface area contributed by atoms with Crippen molar-refractivity contribution in [1.82, 2.24) is 5.32 Å². The standard InChI is InChI=1S/C17H27N3O2/c1-17(2,3)22-16(21)19-13-7-6-11-20(12-10-13)15-9-5-4-8-14(15)18/h4-5,8-9,13H,6-7,10-12,18H2,1-3H3,(H,19,21). The minimum absolute atomic E-state index is 0.157. The lowest BCUT2D eigenvalue weighted by Gasteiger charge is -2.25. The summed E-state index contributed by atoms with van der Waals surface area (Å²) in [5.41, 5.74) is 7.49. The van der Waals surface area contributed by atoms with E-state index >= 15 is 0 Å². The first-order valence-electron chi connectivity index (χ1n) is 7.94. The topological polar surface area (TPSA) is 67.6 Å². The number of hydrogen-bond donors (Lipinski definition) is 2. The van der Waals surface area contributed by atoms with Crippen LogP contribution in [0.15, 0.2) is 24.3 Å². The third-order valence-corrected chi connectivity index (χ3v) is 3.73. The number of alkyl carbamates (subject to hydrolysis) is 1. The van der Waals surface area contributed by atoms with Crippen molar-refractivity contribution >= 4 is 17.5 Å². The highest BCUT2D eigenvalue weighted by atomic mass is 16.6. The van der Waals surface area contributed by atoms with Gasteiger partial charge in [-0.15, -0.1) is 0 Å². The lowest BCUT2D eigenvalue weighted by atomic mass is 10.1. The van der Waals surface area contributed by atoms with Crippen molar-refractivity contribution in [3.63, 3.8) is 0 Å². The van der Waals surface area contributed by atoms with E-state index in [0.29, 0.717) is 0 Å². The van der Waals surface area contributed by atoms with E-state index < -0.39 is 5.60 Å². The van der Waals surface area contributed by atoms with Crippen LogP contribution in [0.4, 0.5) is 16.2 Å². The van der Waals surface area contributed by atoms with Gasteiger partial charge in [0.25, 0.3) is 0 Å². The Bertz CT molecular complexity index is 511. The predicted molar refractivity (Wildman–Crippen MR) is 90.1 cm³/mol. The predicted octanol–water partition coefficient (Wildman–Crippen LogP) is 3.15. The minimum atomic E-state index is -0.459. The smallest absolute Gasteiger partial charge is 0.407 e. The molecule has 1 saturated heterocycles. The van der Waals surface area contributed by atoms with Crippen LogP contribution in [0.5, 0.6) is 0 Å². The molecule has 122 valence electrons. The largest absolute Gasteiger partial charge is 0.444 e. The molecule has 3 N–H and O–H groups in total. The fraction of sp³-hybridized carbons (Fsp3) is 0.588. The first kappa shape index (κ1) is 16.5. The van der Waals surface area contributed by atoms with E-state index in [4.69, 9.17) is 10.5 Å². The highest BCUT2D eigenvalue weighted by Gasteiger charge is 2.22. The molecule has 1 aromatic rings. The molecule has 1 aromatic carbocycles. The minimum Gasteiger partial charge on any atom is -0.444 e. The number of nitrogens with zero attached hydrogens (tertiary/aromatic N) is 1. The van der Waals surface area contributed by atoms with Gasteiger partial charge in [0.1, 0.15) is 5.60 Å². The molecule has 0 aromatic heterocycles. The average Bonchev–Trinajstić information content (AvgIpc) is 2.63. The molecule has 0 bridgehead atoms. The zero-order valence-corrected chi connectivity index (χ0v) is 13.8. The Labute approximate surface area is 132 Å². The Hall–Kier alpha value is -1.91. The van der Waals surface area contributed by atoms with Gasteiger partial charge < -0.3 is 20.7 Å². The fourth-order valence-corrected chi connectivity index (χ4v) is 2.73. The summed E-state index contributed by atoms with van der Waals surface area (Å²) in [5.74, 6) is 0. The van der Waals surface area contributed by atoms with Crippen LogP contribution in [0.1, 0.15) is 40.0 Å². The maximum Gasteiger partial charge on any atom is 0.407 e. The van der Waals surface area contributed by atoms with Crippen LogP contribution in [0, 0.1) is 0 Å². The number of hydrogen-bond acceptors (Lipinski definition) is 4. The van der Waals surface area contributed by atoms with E-state index in [1.54, 1.807) is 0 Å². The Morgan fingerprint density at radius 2 is 2.00 bits per heavy atom. The molecule has 1 amide bonds. The Morgan fingerprint density at radius 3 is 2.68 bits per heavy atom. The summed E-state index contributed by atoms with van der Waals surface area (Å²) < 4.78 is 5.33. The van der Waals surface area contributed by atoms with Crippen molar-refractivity contribution in [2.45, 2.75) is 51.7 Å². The van der Waals surface area contributed by atoms with Crippen molar-refractivity contribution in [3.05, 3.63) is 24.3 Å². The summed E-state index contributed by atoms with van der Waals surface area (Å²) in [4.78, 5) is 14.2. The second-order valence-corrected chi connectivity index (χ2v) is 6.82. The molecule has 1 atom stereocenters.